The zero-order valence-corrected chi connectivity index (χ0v) is 26.6. The highest BCUT2D eigenvalue weighted by Crippen LogP contribution is 2.53. The molecule has 34 heavy (non-hydrogen) atoms. The van der Waals surface area contributed by atoms with Crippen LogP contribution in [0.4, 0.5) is 0 Å². The summed E-state index contributed by atoms with van der Waals surface area (Å²) in [5, 5.41) is 4.14. The summed E-state index contributed by atoms with van der Waals surface area (Å²) < 4.78 is 18.6. The zero-order valence-electron chi connectivity index (χ0n) is 17.0. The van der Waals surface area contributed by atoms with Gasteiger partial charge in [-0.2, -0.15) is 0 Å². The van der Waals surface area contributed by atoms with Gasteiger partial charge in [-0.25, -0.2) is 9.97 Å². The molecule has 0 atom stereocenters. The standard InChI is InChI=1S/C22H8Br4N2O2S4/c1-5-27-21(25)19(31-5)17-11(23)13-15(33-17)7-3-10-8(4-9(7)29-13)16-14(30-10)12(24)18(34-16)20-22(26)28-6(2)32-20/h3-4H,1-2H3. The topological polar surface area (TPSA) is 52.1 Å². The lowest BCUT2D eigenvalue weighted by Crippen LogP contribution is -1.70. The lowest BCUT2D eigenvalue weighted by atomic mass is 10.2. The van der Waals surface area contributed by atoms with Crippen LogP contribution in [0.1, 0.15) is 10.0 Å². The highest BCUT2D eigenvalue weighted by Gasteiger charge is 2.25. The Bertz CT molecular complexity index is 1810. The smallest absolute Gasteiger partial charge is 0.161 e. The van der Waals surface area contributed by atoms with E-state index < -0.39 is 0 Å². The van der Waals surface area contributed by atoms with Gasteiger partial charge in [-0.1, -0.05) is 0 Å². The number of halogens is 4. The monoisotopic (exact) mass is 776 g/mol. The minimum atomic E-state index is 0.851. The largest absolute Gasteiger partial charge is 0.454 e. The third-order valence-corrected chi connectivity index (χ3v) is 13.8. The van der Waals surface area contributed by atoms with Crippen molar-refractivity contribution in [3.63, 3.8) is 0 Å². The van der Waals surface area contributed by atoms with Crippen molar-refractivity contribution in [2.75, 3.05) is 0 Å². The molecule has 4 nitrogen and oxygen atoms in total. The van der Waals surface area contributed by atoms with Crippen molar-refractivity contribution in [2.24, 2.45) is 0 Å². The summed E-state index contributed by atoms with van der Waals surface area (Å²) in [5.41, 5.74) is 3.41. The van der Waals surface area contributed by atoms with Crippen LogP contribution in [0.2, 0.25) is 0 Å². The molecule has 0 unspecified atom stereocenters. The zero-order chi connectivity index (χ0) is 23.5. The lowest BCUT2D eigenvalue weighted by molar-refractivity contribution is 0.663. The lowest BCUT2D eigenvalue weighted by Gasteiger charge is -1.96. The van der Waals surface area contributed by atoms with E-state index >= 15 is 0 Å². The number of thiazole rings is 2. The molecule has 0 aliphatic heterocycles. The Balaban J connectivity index is 1.46. The van der Waals surface area contributed by atoms with Crippen LogP contribution in [0, 0.1) is 13.8 Å². The maximum absolute atomic E-state index is 6.37. The Kier molecular flexibility index (Phi) is 5.28. The molecule has 0 amide bonds. The molecule has 0 spiro atoms. The summed E-state index contributed by atoms with van der Waals surface area (Å²) in [4.78, 5) is 13.5. The average molecular weight is 780 g/mol. The fourth-order valence-corrected chi connectivity index (χ4v) is 12.1. The molecule has 0 saturated carbocycles. The molecule has 6 aromatic heterocycles. The summed E-state index contributed by atoms with van der Waals surface area (Å²) in [6.45, 7) is 4.02. The Morgan fingerprint density at radius 2 is 1.03 bits per heavy atom. The molecule has 0 aliphatic carbocycles. The van der Waals surface area contributed by atoms with E-state index in [0.717, 1.165) is 90.2 Å². The maximum Gasteiger partial charge on any atom is 0.161 e. The predicted molar refractivity (Wildman–Crippen MR) is 159 cm³/mol. The van der Waals surface area contributed by atoms with Crippen molar-refractivity contribution < 1.29 is 8.83 Å². The number of rotatable bonds is 2. The van der Waals surface area contributed by atoms with Gasteiger partial charge in [0.15, 0.2) is 11.2 Å². The van der Waals surface area contributed by atoms with Gasteiger partial charge in [0.1, 0.15) is 20.4 Å². The van der Waals surface area contributed by atoms with Gasteiger partial charge < -0.3 is 8.83 Å². The number of thiophene rings is 2. The predicted octanol–water partition coefficient (Wildman–Crippen LogP) is 11.5. The van der Waals surface area contributed by atoms with Gasteiger partial charge in [0, 0.05) is 10.8 Å². The average Bonchev–Trinajstić information content (AvgIpc) is 3.59. The van der Waals surface area contributed by atoms with Gasteiger partial charge in [0.2, 0.25) is 0 Å². The van der Waals surface area contributed by atoms with E-state index in [0.29, 0.717) is 0 Å². The van der Waals surface area contributed by atoms with E-state index in [9.17, 15) is 0 Å². The van der Waals surface area contributed by atoms with Gasteiger partial charge in [-0.15, -0.1) is 45.3 Å². The molecule has 7 aromatic rings. The van der Waals surface area contributed by atoms with Crippen molar-refractivity contribution in [2.45, 2.75) is 13.8 Å². The molecular weight excluding hydrogens is 772 g/mol. The number of hydrogen-bond donors (Lipinski definition) is 0. The molecule has 0 aliphatic rings. The molecule has 7 rings (SSSR count). The number of aromatic nitrogens is 2. The summed E-state index contributed by atoms with van der Waals surface area (Å²) in [6.07, 6.45) is 0. The third kappa shape index (κ3) is 3.19. The Morgan fingerprint density at radius 3 is 1.38 bits per heavy atom. The second-order valence-electron chi connectivity index (χ2n) is 7.56. The molecule has 0 radical (unpaired) electrons. The molecule has 0 saturated heterocycles. The fourth-order valence-electron chi connectivity index (χ4n) is 4.01. The van der Waals surface area contributed by atoms with Gasteiger partial charge in [0.25, 0.3) is 0 Å². The number of fused-ring (bicyclic) bond motifs is 6. The van der Waals surface area contributed by atoms with Crippen molar-refractivity contribution in [3.8, 4) is 19.5 Å². The molecular formula is C22H8Br4N2O2S4. The number of hydrogen-bond acceptors (Lipinski definition) is 8. The van der Waals surface area contributed by atoms with Gasteiger partial charge >= 0.3 is 0 Å². The summed E-state index contributed by atoms with van der Waals surface area (Å²) in [6, 6.07) is 4.20. The van der Waals surface area contributed by atoms with Crippen LogP contribution in [0.5, 0.6) is 0 Å². The molecule has 0 bridgehead atoms. The van der Waals surface area contributed by atoms with Crippen molar-refractivity contribution in [1.29, 1.82) is 0 Å². The Hall–Kier alpha value is -0.600. The quantitative estimate of drug-likeness (QED) is 0.175. The van der Waals surface area contributed by atoms with Crippen molar-refractivity contribution in [1.82, 2.24) is 9.97 Å². The van der Waals surface area contributed by atoms with Gasteiger partial charge in [-0.05, 0) is 89.7 Å². The molecule has 12 heteroatoms. The van der Waals surface area contributed by atoms with Crippen LogP contribution in [-0.2, 0) is 0 Å². The summed E-state index contributed by atoms with van der Waals surface area (Å²) >= 11 is 21.5. The third-order valence-electron chi connectivity index (χ3n) is 5.41. The number of furan rings is 2. The number of aryl methyl sites for hydroxylation is 2. The second kappa shape index (κ2) is 7.95. The molecule has 170 valence electrons. The van der Waals surface area contributed by atoms with E-state index in [1.807, 2.05) is 13.8 Å². The first-order valence-corrected chi connectivity index (χ1v) is 16.2. The van der Waals surface area contributed by atoms with Crippen LogP contribution >= 0.6 is 109 Å². The highest BCUT2D eigenvalue weighted by molar-refractivity contribution is 9.11. The van der Waals surface area contributed by atoms with Crippen LogP contribution in [-0.4, -0.2) is 9.97 Å². The molecule has 0 N–H and O–H groups in total. The maximum atomic E-state index is 6.37. The van der Waals surface area contributed by atoms with Gasteiger partial charge in [0.05, 0.1) is 47.9 Å². The number of nitrogens with zero attached hydrogens (tertiary/aromatic N) is 2. The van der Waals surface area contributed by atoms with Crippen LogP contribution in [0.25, 0.3) is 62.0 Å². The van der Waals surface area contributed by atoms with Crippen LogP contribution in [0.15, 0.2) is 39.1 Å². The van der Waals surface area contributed by atoms with Crippen LogP contribution in [0.3, 0.4) is 0 Å². The van der Waals surface area contributed by atoms with E-state index in [2.05, 4.69) is 85.8 Å². The first-order chi connectivity index (χ1) is 16.3. The minimum Gasteiger partial charge on any atom is -0.454 e. The van der Waals surface area contributed by atoms with Crippen LogP contribution < -0.4 is 0 Å². The molecule has 0 fully saturated rings. The van der Waals surface area contributed by atoms with Crippen molar-refractivity contribution in [3.05, 3.63) is 40.3 Å². The summed E-state index contributed by atoms with van der Waals surface area (Å²) in [5.74, 6) is 0. The number of benzene rings is 1. The van der Waals surface area contributed by atoms with Gasteiger partial charge in [-0.3, -0.25) is 0 Å². The van der Waals surface area contributed by atoms with E-state index in [-0.39, 0.29) is 0 Å². The highest BCUT2D eigenvalue weighted by atomic mass is 79.9. The molecule has 6 heterocycles. The minimum absolute atomic E-state index is 0.851. The van der Waals surface area contributed by atoms with E-state index in [4.69, 9.17) is 8.83 Å². The normalized spacial score (nSPS) is 12.4. The van der Waals surface area contributed by atoms with E-state index in [1.165, 1.54) is 0 Å². The SMILES string of the molecule is Cc1nc(Br)c(-c2sc3c(oc4cc5c(cc43)oc3c(Br)c(-c4sc(C)nc4Br)sc35)c2Br)s1. The molecule has 1 aromatic carbocycles. The Labute approximate surface area is 241 Å². The van der Waals surface area contributed by atoms with Crippen molar-refractivity contribution >= 4 is 152 Å². The second-order valence-corrected chi connectivity index (χ2v) is 15.1. The van der Waals surface area contributed by atoms with E-state index in [1.54, 1.807) is 45.3 Å². The Morgan fingerprint density at radius 1 is 0.618 bits per heavy atom. The first-order valence-electron chi connectivity index (χ1n) is 9.75. The summed E-state index contributed by atoms with van der Waals surface area (Å²) in [7, 11) is 0. The first kappa shape index (κ1) is 22.6. The fraction of sp³-hybridized carbons (Fsp3) is 0.0909.